The van der Waals surface area contributed by atoms with Crippen LogP contribution in [0.15, 0.2) is 41.5 Å². The molecular formula is C12H11IN2. The van der Waals surface area contributed by atoms with E-state index in [-0.39, 0.29) is 0 Å². The fourth-order valence-corrected chi connectivity index (χ4v) is 1.73. The molecule has 0 unspecified atom stereocenters. The Bertz CT molecular complexity index is 472. The number of aryl methyl sites for hydroxylation is 1. The van der Waals surface area contributed by atoms with Crippen molar-refractivity contribution in [3.63, 3.8) is 0 Å². The number of aliphatic imine (C=N–C) groups is 1. The Kier molecular flexibility index (Phi) is 3.20. The number of benzene rings is 1. The largest absolute Gasteiger partial charge is 0.360 e. The van der Waals surface area contributed by atoms with E-state index in [2.05, 4.69) is 51.6 Å². The van der Waals surface area contributed by atoms with Crippen LogP contribution < -0.4 is 0 Å². The quantitative estimate of drug-likeness (QED) is 0.647. The molecule has 2 nitrogen and oxygen atoms in total. The van der Waals surface area contributed by atoms with Crippen LogP contribution in [-0.4, -0.2) is 11.2 Å². The maximum absolute atomic E-state index is 4.39. The number of rotatable bonds is 2. The molecule has 1 heterocycles. The standard InChI is InChI=1S/C12H11IN2/c1-9-4-5-10(7-12(9)13)15-8-11-3-2-6-14-11/h2-8,14H,1H3. The van der Waals surface area contributed by atoms with Crippen molar-refractivity contribution in [1.29, 1.82) is 0 Å². The molecule has 1 N–H and O–H groups in total. The van der Waals surface area contributed by atoms with Gasteiger partial charge in [-0.2, -0.15) is 0 Å². The van der Waals surface area contributed by atoms with Crippen molar-refractivity contribution in [3.05, 3.63) is 51.4 Å². The van der Waals surface area contributed by atoms with E-state index >= 15 is 0 Å². The van der Waals surface area contributed by atoms with E-state index in [1.54, 1.807) is 0 Å². The van der Waals surface area contributed by atoms with Crippen LogP contribution in [0.5, 0.6) is 0 Å². The first kappa shape index (κ1) is 10.4. The van der Waals surface area contributed by atoms with Gasteiger partial charge < -0.3 is 4.98 Å². The molecule has 0 atom stereocenters. The van der Waals surface area contributed by atoms with Crippen molar-refractivity contribution in [2.24, 2.45) is 4.99 Å². The van der Waals surface area contributed by atoms with Gasteiger partial charge in [-0.05, 0) is 59.3 Å². The molecule has 0 radical (unpaired) electrons. The highest BCUT2D eigenvalue weighted by Crippen LogP contribution is 2.19. The van der Waals surface area contributed by atoms with Gasteiger partial charge in [0.05, 0.1) is 17.6 Å². The minimum Gasteiger partial charge on any atom is -0.360 e. The van der Waals surface area contributed by atoms with Crippen molar-refractivity contribution < 1.29 is 0 Å². The van der Waals surface area contributed by atoms with Gasteiger partial charge in [0.15, 0.2) is 0 Å². The summed E-state index contributed by atoms with van der Waals surface area (Å²) < 4.78 is 1.24. The molecule has 0 saturated carbocycles. The van der Waals surface area contributed by atoms with Crippen LogP contribution in [0.1, 0.15) is 11.3 Å². The highest BCUT2D eigenvalue weighted by atomic mass is 127. The van der Waals surface area contributed by atoms with Crippen molar-refractivity contribution in [3.8, 4) is 0 Å². The molecule has 0 aliphatic heterocycles. The van der Waals surface area contributed by atoms with Gasteiger partial charge in [0.25, 0.3) is 0 Å². The van der Waals surface area contributed by atoms with Gasteiger partial charge >= 0.3 is 0 Å². The van der Waals surface area contributed by atoms with Gasteiger partial charge in [-0.15, -0.1) is 0 Å². The van der Waals surface area contributed by atoms with Crippen LogP contribution in [-0.2, 0) is 0 Å². The molecular weight excluding hydrogens is 299 g/mol. The molecule has 15 heavy (non-hydrogen) atoms. The summed E-state index contributed by atoms with van der Waals surface area (Å²) in [6.07, 6.45) is 3.72. The SMILES string of the molecule is Cc1ccc(N=Cc2ccc[nH]2)cc1I. The second-order valence-electron chi connectivity index (χ2n) is 3.32. The van der Waals surface area contributed by atoms with Crippen LogP contribution in [0.25, 0.3) is 0 Å². The van der Waals surface area contributed by atoms with Gasteiger partial charge in [-0.1, -0.05) is 6.07 Å². The number of aromatic nitrogens is 1. The lowest BCUT2D eigenvalue weighted by molar-refractivity contribution is 1.37. The van der Waals surface area contributed by atoms with E-state index in [0.717, 1.165) is 11.4 Å². The van der Waals surface area contributed by atoms with Crippen molar-refractivity contribution >= 4 is 34.5 Å². The third-order valence-electron chi connectivity index (χ3n) is 2.13. The molecule has 2 aromatic rings. The molecule has 3 heteroatoms. The van der Waals surface area contributed by atoms with Crippen molar-refractivity contribution in [1.82, 2.24) is 4.98 Å². The van der Waals surface area contributed by atoms with Gasteiger partial charge in [0, 0.05) is 9.77 Å². The third kappa shape index (κ3) is 2.68. The summed E-state index contributed by atoms with van der Waals surface area (Å²) in [4.78, 5) is 7.47. The highest BCUT2D eigenvalue weighted by molar-refractivity contribution is 14.1. The van der Waals surface area contributed by atoms with E-state index < -0.39 is 0 Å². The molecule has 0 amide bonds. The number of hydrogen-bond acceptors (Lipinski definition) is 1. The lowest BCUT2D eigenvalue weighted by atomic mass is 10.2. The number of H-pyrrole nitrogens is 1. The number of nitrogens with one attached hydrogen (secondary N) is 1. The second kappa shape index (κ2) is 4.61. The predicted molar refractivity (Wildman–Crippen MR) is 71.9 cm³/mol. The van der Waals surface area contributed by atoms with E-state index in [9.17, 15) is 0 Å². The Labute approximate surface area is 103 Å². The number of halogens is 1. The second-order valence-corrected chi connectivity index (χ2v) is 4.48. The molecule has 0 spiro atoms. The first-order valence-electron chi connectivity index (χ1n) is 4.69. The third-order valence-corrected chi connectivity index (χ3v) is 3.29. The van der Waals surface area contributed by atoms with Gasteiger partial charge in [0.2, 0.25) is 0 Å². The summed E-state index contributed by atoms with van der Waals surface area (Å²) >= 11 is 2.32. The first-order chi connectivity index (χ1) is 7.25. The average molecular weight is 310 g/mol. The molecule has 0 aliphatic carbocycles. The van der Waals surface area contributed by atoms with Crippen molar-refractivity contribution in [2.75, 3.05) is 0 Å². The van der Waals surface area contributed by atoms with Crippen LogP contribution >= 0.6 is 22.6 Å². The van der Waals surface area contributed by atoms with E-state index in [0.29, 0.717) is 0 Å². The van der Waals surface area contributed by atoms with Crippen LogP contribution in [0.4, 0.5) is 5.69 Å². The topological polar surface area (TPSA) is 28.1 Å². The summed E-state index contributed by atoms with van der Waals surface area (Å²) in [6.45, 7) is 2.10. The Morgan fingerprint density at radius 3 is 2.87 bits per heavy atom. The molecule has 76 valence electrons. The lowest BCUT2D eigenvalue weighted by Crippen LogP contribution is -1.80. The number of nitrogens with zero attached hydrogens (tertiary/aromatic N) is 1. The minimum absolute atomic E-state index is 0.986. The fourth-order valence-electron chi connectivity index (χ4n) is 1.23. The van der Waals surface area contributed by atoms with Gasteiger partial charge in [0.1, 0.15) is 0 Å². The van der Waals surface area contributed by atoms with Crippen LogP contribution in [0.2, 0.25) is 0 Å². The Balaban J connectivity index is 2.21. The summed E-state index contributed by atoms with van der Waals surface area (Å²) in [5, 5.41) is 0. The Morgan fingerprint density at radius 1 is 1.33 bits per heavy atom. The van der Waals surface area contributed by atoms with Gasteiger partial charge in [-0.25, -0.2) is 0 Å². The zero-order valence-corrected chi connectivity index (χ0v) is 10.5. The zero-order chi connectivity index (χ0) is 10.7. The summed E-state index contributed by atoms with van der Waals surface area (Å²) in [6, 6.07) is 10.1. The van der Waals surface area contributed by atoms with Crippen molar-refractivity contribution in [2.45, 2.75) is 6.92 Å². The summed E-state index contributed by atoms with van der Waals surface area (Å²) in [7, 11) is 0. The van der Waals surface area contributed by atoms with Gasteiger partial charge in [-0.3, -0.25) is 4.99 Å². The molecule has 1 aromatic carbocycles. The van der Waals surface area contributed by atoms with Crippen LogP contribution in [0.3, 0.4) is 0 Å². The fraction of sp³-hybridized carbons (Fsp3) is 0.0833. The zero-order valence-electron chi connectivity index (χ0n) is 8.37. The highest BCUT2D eigenvalue weighted by Gasteiger charge is 1.95. The van der Waals surface area contributed by atoms with E-state index in [1.165, 1.54) is 9.13 Å². The molecule has 0 saturated heterocycles. The summed E-state index contributed by atoms with van der Waals surface area (Å²) in [5.74, 6) is 0. The molecule has 2 rings (SSSR count). The molecule has 0 aliphatic rings. The number of hydrogen-bond donors (Lipinski definition) is 1. The monoisotopic (exact) mass is 310 g/mol. The van der Waals surface area contributed by atoms with E-state index in [4.69, 9.17) is 0 Å². The minimum atomic E-state index is 0.986. The molecule has 0 fully saturated rings. The summed E-state index contributed by atoms with van der Waals surface area (Å²) in [5.41, 5.74) is 3.29. The maximum Gasteiger partial charge on any atom is 0.0641 e. The molecule has 0 bridgehead atoms. The lowest BCUT2D eigenvalue weighted by Gasteiger charge is -1.98. The molecule has 1 aromatic heterocycles. The average Bonchev–Trinajstić information content (AvgIpc) is 2.73. The first-order valence-corrected chi connectivity index (χ1v) is 5.77. The van der Waals surface area contributed by atoms with Crippen LogP contribution in [0, 0.1) is 10.5 Å². The number of aromatic amines is 1. The normalized spacial score (nSPS) is 11.1. The predicted octanol–water partition coefficient (Wildman–Crippen LogP) is 3.68. The maximum atomic E-state index is 4.39. The van der Waals surface area contributed by atoms with E-state index in [1.807, 2.05) is 30.6 Å². The Hall–Kier alpha value is -1.10. The smallest absolute Gasteiger partial charge is 0.0641 e. The Morgan fingerprint density at radius 2 is 2.20 bits per heavy atom.